The highest BCUT2D eigenvalue weighted by Crippen LogP contribution is 2.17. The number of hydrogen-bond acceptors (Lipinski definition) is 9. The van der Waals surface area contributed by atoms with Crippen LogP contribution in [-0.4, -0.2) is 98.7 Å². The van der Waals surface area contributed by atoms with Gasteiger partial charge in [-0.1, -0.05) is 11.6 Å². The van der Waals surface area contributed by atoms with E-state index in [4.69, 9.17) is 16.9 Å². The number of pyridine rings is 1. The normalized spacial score (nSPS) is 16.6. The van der Waals surface area contributed by atoms with Crippen LogP contribution in [0.2, 0.25) is 0 Å². The quantitative estimate of drug-likeness (QED) is 0.0475. The van der Waals surface area contributed by atoms with Crippen molar-refractivity contribution in [2.75, 3.05) is 19.6 Å². The lowest BCUT2D eigenvalue weighted by atomic mass is 10.0. The minimum atomic E-state index is -1.55. The number of nitrogens with two attached hydrogens (primary N) is 2. The van der Waals surface area contributed by atoms with Gasteiger partial charge in [-0.05, 0) is 43.9 Å². The minimum Gasteiger partial charge on any atom is -0.480 e. The molecular weight excluding hydrogens is 524 g/mol. The summed E-state index contributed by atoms with van der Waals surface area (Å²) in [6, 6.07) is -0.871. The second kappa shape index (κ2) is 15.5. The molecule has 3 amide bonds. The third kappa shape index (κ3) is 9.91. The van der Waals surface area contributed by atoms with Gasteiger partial charge in [0, 0.05) is 38.4 Å². The first-order valence-corrected chi connectivity index (χ1v) is 12.8. The molecule has 0 spiro atoms. The Morgan fingerprint density at radius 3 is 2.38 bits per heavy atom. The summed E-state index contributed by atoms with van der Waals surface area (Å²) in [4.78, 5) is 54.6. The van der Waals surface area contributed by atoms with Crippen LogP contribution in [0.5, 0.6) is 0 Å². The Bertz CT molecular complexity index is 1080. The highest BCUT2D eigenvalue weighted by atomic mass is 16.4. The molecule has 1 aliphatic rings. The lowest BCUT2D eigenvalue weighted by Gasteiger charge is -2.23. The van der Waals surface area contributed by atoms with Crippen LogP contribution in [0.3, 0.4) is 0 Å². The van der Waals surface area contributed by atoms with Gasteiger partial charge in [-0.3, -0.25) is 24.8 Å². The van der Waals surface area contributed by atoms with E-state index in [0.717, 1.165) is 5.57 Å². The number of carboxylic acid groups (broad SMARTS) is 1. The summed E-state index contributed by atoms with van der Waals surface area (Å²) in [6.07, 6.45) is 2.82. The van der Waals surface area contributed by atoms with Crippen molar-refractivity contribution in [3.05, 3.63) is 41.7 Å². The molecule has 1 aliphatic heterocycles. The first kappa shape index (κ1) is 32.1. The molecule has 15 heteroatoms. The Kier molecular flexibility index (Phi) is 12.4. The summed E-state index contributed by atoms with van der Waals surface area (Å²) < 4.78 is 0. The molecule has 2 rings (SSSR count). The van der Waals surface area contributed by atoms with Crippen molar-refractivity contribution in [1.82, 2.24) is 25.8 Å². The standard InChI is InChI=1S/C25H38N8O7/c1-14(34)19(26)23(38)31-17(12-15-7-11-33(13-15)25(27)28)22(37)30-8-3-2-4-18(35)32-20(24(39)40)21(36)16-5-9-29-10-6-16/h5-7,9-10,14,17,19-21,34,36H,2-4,8,11-13,26H2,1H3,(H3,27,28)(H,30,37)(H,31,38)(H,32,35)(H,39,40). The monoisotopic (exact) mass is 562 g/mol. The van der Waals surface area contributed by atoms with Gasteiger partial charge in [0.05, 0.1) is 6.10 Å². The molecule has 5 unspecified atom stereocenters. The van der Waals surface area contributed by atoms with Crippen molar-refractivity contribution in [2.45, 2.75) is 62.9 Å². The number of aliphatic hydroxyl groups excluding tert-OH is 2. The molecule has 1 aromatic heterocycles. The fourth-order valence-corrected chi connectivity index (χ4v) is 3.92. The second-order valence-electron chi connectivity index (χ2n) is 9.52. The predicted octanol–water partition coefficient (Wildman–Crippen LogP) is -2.31. The summed E-state index contributed by atoms with van der Waals surface area (Å²) >= 11 is 0. The van der Waals surface area contributed by atoms with Gasteiger partial charge >= 0.3 is 5.97 Å². The van der Waals surface area contributed by atoms with Crippen LogP contribution in [0.1, 0.15) is 44.3 Å². The van der Waals surface area contributed by atoms with E-state index in [-0.39, 0.29) is 25.3 Å². The number of guanidine groups is 1. The van der Waals surface area contributed by atoms with E-state index < -0.39 is 54.0 Å². The van der Waals surface area contributed by atoms with E-state index in [0.29, 0.717) is 31.5 Å². The van der Waals surface area contributed by atoms with E-state index >= 15 is 0 Å². The highest BCUT2D eigenvalue weighted by molar-refractivity contribution is 5.90. The number of aliphatic hydroxyl groups is 2. The lowest BCUT2D eigenvalue weighted by molar-refractivity contribution is -0.145. The zero-order valence-electron chi connectivity index (χ0n) is 22.2. The summed E-state index contributed by atoms with van der Waals surface area (Å²) in [5.41, 5.74) is 12.3. The molecule has 0 aromatic carbocycles. The lowest BCUT2D eigenvalue weighted by Crippen LogP contribution is -2.54. The van der Waals surface area contributed by atoms with E-state index in [1.54, 1.807) is 4.90 Å². The zero-order chi connectivity index (χ0) is 29.8. The number of carboxylic acids is 1. The number of unbranched alkanes of at least 4 members (excludes halogenated alkanes) is 1. The number of carbonyl (C=O) groups excluding carboxylic acids is 3. The number of nitrogens with one attached hydrogen (secondary N) is 4. The molecule has 220 valence electrons. The van der Waals surface area contributed by atoms with Crippen molar-refractivity contribution >= 4 is 29.7 Å². The maximum atomic E-state index is 12.9. The van der Waals surface area contributed by atoms with Crippen molar-refractivity contribution < 1.29 is 34.5 Å². The van der Waals surface area contributed by atoms with Gasteiger partial charge in [0.15, 0.2) is 12.0 Å². The van der Waals surface area contributed by atoms with E-state index in [1.807, 2.05) is 6.08 Å². The number of hydrogen-bond donors (Lipinski definition) is 9. The number of nitrogens with zero attached hydrogens (tertiary/aromatic N) is 2. The molecule has 0 radical (unpaired) electrons. The van der Waals surface area contributed by atoms with Crippen LogP contribution in [0.25, 0.3) is 0 Å². The number of aliphatic carboxylic acids is 1. The van der Waals surface area contributed by atoms with Crippen LogP contribution in [-0.2, 0) is 19.2 Å². The topological polar surface area (TPSA) is 257 Å². The van der Waals surface area contributed by atoms with Crippen LogP contribution < -0.4 is 27.4 Å². The van der Waals surface area contributed by atoms with Crippen LogP contribution in [0.15, 0.2) is 36.2 Å². The third-order valence-corrected chi connectivity index (χ3v) is 6.33. The highest BCUT2D eigenvalue weighted by Gasteiger charge is 2.30. The van der Waals surface area contributed by atoms with Crippen molar-refractivity contribution in [1.29, 1.82) is 5.41 Å². The molecular formula is C25H38N8O7. The molecule has 11 N–H and O–H groups in total. The first-order chi connectivity index (χ1) is 18.9. The zero-order valence-corrected chi connectivity index (χ0v) is 22.2. The Hall–Kier alpha value is -4.08. The van der Waals surface area contributed by atoms with Gasteiger partial charge in [0.25, 0.3) is 0 Å². The number of amides is 3. The molecule has 2 heterocycles. The Morgan fingerprint density at radius 2 is 1.80 bits per heavy atom. The number of carbonyl (C=O) groups is 4. The molecule has 0 aliphatic carbocycles. The SMILES string of the molecule is CC(O)C(N)C(=O)NC(CC1=CCN(C(=N)N)C1)C(=O)NCCCCC(=O)NC(C(=O)O)C(O)c1ccncc1. The van der Waals surface area contributed by atoms with Crippen molar-refractivity contribution in [2.24, 2.45) is 11.5 Å². The van der Waals surface area contributed by atoms with Crippen LogP contribution in [0, 0.1) is 5.41 Å². The average Bonchev–Trinajstić information content (AvgIpc) is 3.39. The predicted molar refractivity (Wildman–Crippen MR) is 143 cm³/mol. The molecule has 1 aromatic rings. The number of rotatable bonds is 15. The van der Waals surface area contributed by atoms with E-state index in [1.165, 1.54) is 31.5 Å². The Labute approximate surface area is 231 Å². The second-order valence-corrected chi connectivity index (χ2v) is 9.52. The molecule has 15 nitrogen and oxygen atoms in total. The molecule has 0 saturated heterocycles. The van der Waals surface area contributed by atoms with E-state index in [9.17, 15) is 34.5 Å². The van der Waals surface area contributed by atoms with Crippen LogP contribution in [0.4, 0.5) is 0 Å². The average molecular weight is 563 g/mol. The van der Waals surface area contributed by atoms with Crippen LogP contribution >= 0.6 is 0 Å². The Balaban J connectivity index is 1.85. The Morgan fingerprint density at radius 1 is 1.12 bits per heavy atom. The van der Waals surface area contributed by atoms with E-state index in [2.05, 4.69) is 20.9 Å². The molecule has 0 saturated carbocycles. The van der Waals surface area contributed by atoms with Gasteiger partial charge in [-0.2, -0.15) is 0 Å². The summed E-state index contributed by atoms with van der Waals surface area (Å²) in [6.45, 7) is 2.27. The van der Waals surface area contributed by atoms with Crippen molar-refractivity contribution in [3.63, 3.8) is 0 Å². The fourth-order valence-electron chi connectivity index (χ4n) is 3.92. The smallest absolute Gasteiger partial charge is 0.329 e. The minimum absolute atomic E-state index is 0.0418. The first-order valence-electron chi connectivity index (χ1n) is 12.8. The van der Waals surface area contributed by atoms with Gasteiger partial charge in [0.1, 0.15) is 18.2 Å². The van der Waals surface area contributed by atoms with Gasteiger partial charge in [-0.25, -0.2) is 4.79 Å². The maximum absolute atomic E-state index is 12.9. The summed E-state index contributed by atoms with van der Waals surface area (Å²) in [5.74, 6) is -3.28. The fraction of sp³-hybridized carbons (Fsp3) is 0.520. The molecule has 0 fully saturated rings. The maximum Gasteiger partial charge on any atom is 0.329 e. The number of aromatic nitrogens is 1. The van der Waals surface area contributed by atoms with Gasteiger partial charge in [-0.15, -0.1) is 0 Å². The summed E-state index contributed by atoms with van der Waals surface area (Å²) in [5, 5.41) is 44.5. The van der Waals surface area contributed by atoms with Gasteiger partial charge in [0.2, 0.25) is 17.7 Å². The summed E-state index contributed by atoms with van der Waals surface area (Å²) in [7, 11) is 0. The third-order valence-electron chi connectivity index (χ3n) is 6.33. The molecule has 40 heavy (non-hydrogen) atoms. The van der Waals surface area contributed by atoms with Gasteiger partial charge < -0.3 is 47.6 Å². The van der Waals surface area contributed by atoms with Crippen molar-refractivity contribution in [3.8, 4) is 0 Å². The molecule has 5 atom stereocenters. The largest absolute Gasteiger partial charge is 0.480 e. The molecule has 0 bridgehead atoms.